The molecule has 0 aliphatic heterocycles. The van der Waals surface area contributed by atoms with E-state index in [1.54, 1.807) is 37.2 Å². The number of nitrogens with zero attached hydrogens (tertiary/aromatic N) is 1. The molecule has 0 radical (unpaired) electrons. The molecule has 0 saturated carbocycles. The van der Waals surface area contributed by atoms with Crippen LogP contribution in [-0.4, -0.2) is 35.9 Å². The van der Waals surface area contributed by atoms with Crippen molar-refractivity contribution < 1.29 is 18.3 Å². The summed E-state index contributed by atoms with van der Waals surface area (Å²) in [7, 11) is 4.83. The van der Waals surface area contributed by atoms with E-state index >= 15 is 0 Å². The molecule has 0 bridgehead atoms. The zero-order chi connectivity index (χ0) is 14.6. The summed E-state index contributed by atoms with van der Waals surface area (Å²) in [5.74, 6) is -0.654. The van der Waals surface area contributed by atoms with Crippen LogP contribution in [0.1, 0.15) is 11.1 Å². The van der Waals surface area contributed by atoms with Gasteiger partial charge in [-0.1, -0.05) is 35.9 Å². The van der Waals surface area contributed by atoms with E-state index in [-0.39, 0.29) is 11.3 Å². The summed E-state index contributed by atoms with van der Waals surface area (Å²) >= 11 is -2.20. The molecule has 6 heteroatoms. The maximum Gasteiger partial charge on any atom is 0.337 e. The van der Waals surface area contributed by atoms with Crippen molar-refractivity contribution in [1.29, 1.82) is 0 Å². The van der Waals surface area contributed by atoms with Crippen molar-refractivity contribution in [2.24, 2.45) is 0 Å². The summed E-state index contributed by atoms with van der Waals surface area (Å²) in [5.41, 5.74) is 2.03. The van der Waals surface area contributed by atoms with E-state index in [9.17, 15) is 13.6 Å². The number of para-hydroxylation sites is 1. The number of benzene rings is 1. The van der Waals surface area contributed by atoms with Gasteiger partial charge in [0.05, 0.1) is 12.7 Å². The number of carbonyl (C=O) groups excluding carboxylic acids is 1. The third kappa shape index (κ3) is 3.65. The van der Waals surface area contributed by atoms with Gasteiger partial charge in [-0.05, 0) is 5.56 Å². The summed E-state index contributed by atoms with van der Waals surface area (Å²) in [6, 6.07) is 5.11. The Morgan fingerprint density at radius 3 is 2.58 bits per heavy atom. The Morgan fingerprint density at radius 1 is 1.47 bits per heavy atom. The molecule has 1 aromatic carbocycles. The van der Waals surface area contributed by atoms with E-state index in [4.69, 9.17) is 0 Å². The van der Waals surface area contributed by atoms with Crippen LogP contribution in [0.4, 0.5) is 5.69 Å². The second kappa shape index (κ2) is 6.49. The van der Waals surface area contributed by atoms with Gasteiger partial charge in [-0.3, -0.25) is 4.21 Å². The molecule has 0 saturated heterocycles. The molecule has 5 nitrogen and oxygen atoms in total. The van der Waals surface area contributed by atoms with Gasteiger partial charge < -0.3 is 14.2 Å². The number of hydrogen-bond donors (Lipinski definition) is 0. The summed E-state index contributed by atoms with van der Waals surface area (Å²) in [4.78, 5) is 13.3. The Kier molecular flexibility index (Phi) is 5.26. The van der Waals surface area contributed by atoms with Crippen LogP contribution in [0.2, 0.25) is 0 Å². The predicted molar refractivity (Wildman–Crippen MR) is 74.4 cm³/mol. The number of methoxy groups -OCH3 is 1. The van der Waals surface area contributed by atoms with E-state index in [0.717, 1.165) is 0 Å². The minimum absolute atomic E-state index is 0.115. The lowest BCUT2D eigenvalue weighted by atomic mass is 10.0. The summed E-state index contributed by atoms with van der Waals surface area (Å²) in [6.07, 6.45) is 0. The Labute approximate surface area is 115 Å². The SMILES string of the molecule is C=C(C(=O)OC)c1cccc(CS(=O)[O-])c1N(C)C. The maximum absolute atomic E-state index is 11.6. The topological polar surface area (TPSA) is 69.7 Å². The number of esters is 1. The largest absolute Gasteiger partial charge is 0.772 e. The molecule has 1 atom stereocenters. The molecular weight excluding hydrogens is 266 g/mol. The van der Waals surface area contributed by atoms with Crippen LogP contribution in [-0.2, 0) is 26.4 Å². The second-order valence-electron chi connectivity index (χ2n) is 4.13. The smallest absolute Gasteiger partial charge is 0.337 e. The monoisotopic (exact) mass is 282 g/mol. The highest BCUT2D eigenvalue weighted by Crippen LogP contribution is 2.30. The van der Waals surface area contributed by atoms with Gasteiger partial charge in [0.15, 0.2) is 0 Å². The highest BCUT2D eigenvalue weighted by atomic mass is 32.2. The van der Waals surface area contributed by atoms with Gasteiger partial charge in [-0.25, -0.2) is 4.79 Å². The third-order valence-corrected chi connectivity index (χ3v) is 3.14. The van der Waals surface area contributed by atoms with Gasteiger partial charge in [0.2, 0.25) is 0 Å². The van der Waals surface area contributed by atoms with Gasteiger partial charge in [-0.15, -0.1) is 0 Å². The molecule has 1 aromatic rings. The third-order valence-electron chi connectivity index (χ3n) is 2.60. The Morgan fingerprint density at radius 2 is 2.11 bits per heavy atom. The van der Waals surface area contributed by atoms with E-state index in [2.05, 4.69) is 11.3 Å². The lowest BCUT2D eigenvalue weighted by Gasteiger charge is -2.22. The molecule has 0 heterocycles. The van der Waals surface area contributed by atoms with Crippen molar-refractivity contribution in [3.63, 3.8) is 0 Å². The number of anilines is 1. The number of hydrogen-bond acceptors (Lipinski definition) is 5. The molecule has 0 amide bonds. The fourth-order valence-electron chi connectivity index (χ4n) is 1.84. The molecule has 1 unspecified atom stereocenters. The van der Waals surface area contributed by atoms with Gasteiger partial charge in [0.25, 0.3) is 0 Å². The average molecular weight is 282 g/mol. The van der Waals surface area contributed by atoms with E-state index in [1.807, 2.05) is 0 Å². The zero-order valence-corrected chi connectivity index (χ0v) is 12.0. The first kappa shape index (κ1) is 15.4. The zero-order valence-electron chi connectivity index (χ0n) is 11.1. The minimum Gasteiger partial charge on any atom is -0.772 e. The van der Waals surface area contributed by atoms with Crippen molar-refractivity contribution in [2.45, 2.75) is 5.75 Å². The highest BCUT2D eigenvalue weighted by molar-refractivity contribution is 7.78. The predicted octanol–water partition coefficient (Wildman–Crippen LogP) is 1.32. The first-order valence-electron chi connectivity index (χ1n) is 5.51. The fourth-order valence-corrected chi connectivity index (χ4v) is 2.33. The van der Waals surface area contributed by atoms with Gasteiger partial charge >= 0.3 is 5.97 Å². The first-order chi connectivity index (χ1) is 8.88. The van der Waals surface area contributed by atoms with Crippen LogP contribution < -0.4 is 4.90 Å². The van der Waals surface area contributed by atoms with Crippen LogP contribution in [0.25, 0.3) is 5.57 Å². The molecule has 104 valence electrons. The lowest BCUT2D eigenvalue weighted by Crippen LogP contribution is -2.16. The first-order valence-corrected chi connectivity index (χ1v) is 6.75. The van der Waals surface area contributed by atoms with E-state index < -0.39 is 17.0 Å². The van der Waals surface area contributed by atoms with Crippen LogP contribution in [0.3, 0.4) is 0 Å². The van der Waals surface area contributed by atoms with Crippen molar-refractivity contribution in [3.05, 3.63) is 35.9 Å². The Hall–Kier alpha value is -1.66. The second-order valence-corrected chi connectivity index (χ2v) is 5.02. The maximum atomic E-state index is 11.6. The van der Waals surface area contributed by atoms with E-state index in [1.165, 1.54) is 7.11 Å². The van der Waals surface area contributed by atoms with Gasteiger partial charge in [-0.2, -0.15) is 0 Å². The van der Waals surface area contributed by atoms with Crippen LogP contribution >= 0.6 is 0 Å². The van der Waals surface area contributed by atoms with Crippen molar-refractivity contribution >= 4 is 28.3 Å². The standard InChI is InChI=1S/C13H17NO4S/c1-9(13(15)18-4)11-7-5-6-10(8-19(16)17)12(11)14(2)3/h5-7H,1,8H2,2-4H3,(H,16,17)/p-1. The molecule has 0 aromatic heterocycles. The molecule has 0 spiro atoms. The minimum atomic E-state index is -2.20. The molecule has 0 fully saturated rings. The lowest BCUT2D eigenvalue weighted by molar-refractivity contribution is -0.133. The summed E-state index contributed by atoms with van der Waals surface area (Å²) in [6.45, 7) is 3.70. The molecular formula is C13H16NO4S-. The van der Waals surface area contributed by atoms with Gasteiger partial charge in [0.1, 0.15) is 0 Å². The highest BCUT2D eigenvalue weighted by Gasteiger charge is 2.17. The molecule has 19 heavy (non-hydrogen) atoms. The van der Waals surface area contributed by atoms with Crippen molar-refractivity contribution in [1.82, 2.24) is 0 Å². The molecule has 0 N–H and O–H groups in total. The fraction of sp³-hybridized carbons (Fsp3) is 0.308. The summed E-state index contributed by atoms with van der Waals surface area (Å²) < 4.78 is 26.4. The Bertz CT molecular complexity index is 525. The average Bonchev–Trinajstić information content (AvgIpc) is 2.35. The number of ether oxygens (including phenoxy) is 1. The van der Waals surface area contributed by atoms with Crippen LogP contribution in [0.5, 0.6) is 0 Å². The van der Waals surface area contributed by atoms with Crippen LogP contribution in [0.15, 0.2) is 24.8 Å². The number of rotatable bonds is 5. The van der Waals surface area contributed by atoms with E-state index in [0.29, 0.717) is 16.8 Å². The van der Waals surface area contributed by atoms with Crippen molar-refractivity contribution in [2.75, 3.05) is 26.1 Å². The number of carbonyl (C=O) groups is 1. The van der Waals surface area contributed by atoms with Gasteiger partial charge in [0, 0.05) is 31.1 Å². The molecule has 0 aliphatic rings. The summed E-state index contributed by atoms with van der Waals surface area (Å²) in [5, 5.41) is 0. The Balaban J connectivity index is 3.35. The quantitative estimate of drug-likeness (QED) is 0.463. The normalized spacial score (nSPS) is 11.8. The van der Waals surface area contributed by atoms with Crippen LogP contribution in [0, 0.1) is 0 Å². The molecule has 1 rings (SSSR count). The van der Waals surface area contributed by atoms with Crippen molar-refractivity contribution in [3.8, 4) is 0 Å². The molecule has 0 aliphatic carbocycles.